The minimum Gasteiger partial charge on any atom is -0.393 e. The minimum absolute atomic E-state index is 0.0509. The van der Waals surface area contributed by atoms with Crippen molar-refractivity contribution >= 4 is 0 Å². The molecule has 0 radical (unpaired) electrons. The first kappa shape index (κ1) is 10.0. The Balaban J connectivity index is 0.000000336. The maximum atomic E-state index is 9.52. The van der Waals surface area contributed by atoms with Gasteiger partial charge in [0.2, 0.25) is 0 Å². The Kier molecular flexibility index (Phi) is 3.57. The summed E-state index contributed by atoms with van der Waals surface area (Å²) in [4.78, 5) is 0. The maximum absolute atomic E-state index is 9.52. The minimum atomic E-state index is 0.0509. The molecule has 3 fully saturated rings. The van der Waals surface area contributed by atoms with Gasteiger partial charge in [-0.3, -0.25) is 0 Å². The SMILES string of the molecule is CC.CC1CC2CCC1CC2O. The van der Waals surface area contributed by atoms with E-state index in [0.717, 1.165) is 18.3 Å². The Morgan fingerprint density at radius 2 is 1.58 bits per heavy atom. The summed E-state index contributed by atoms with van der Waals surface area (Å²) in [5, 5.41) is 9.52. The summed E-state index contributed by atoms with van der Waals surface area (Å²) < 4.78 is 0. The molecule has 0 aromatic rings. The van der Waals surface area contributed by atoms with Gasteiger partial charge < -0.3 is 5.11 Å². The van der Waals surface area contributed by atoms with Crippen LogP contribution in [0.4, 0.5) is 0 Å². The van der Waals surface area contributed by atoms with Crippen LogP contribution in [0, 0.1) is 17.8 Å². The Hall–Kier alpha value is -0.0400. The average Bonchev–Trinajstić information content (AvgIpc) is 2.11. The molecule has 0 heterocycles. The second-order valence-electron chi connectivity index (χ2n) is 4.11. The third-order valence-corrected chi connectivity index (χ3v) is 3.48. The molecule has 1 heteroatoms. The topological polar surface area (TPSA) is 20.2 Å². The van der Waals surface area contributed by atoms with Crippen molar-refractivity contribution in [3.05, 3.63) is 0 Å². The van der Waals surface area contributed by atoms with Gasteiger partial charge >= 0.3 is 0 Å². The number of aliphatic hydroxyl groups is 1. The summed E-state index contributed by atoms with van der Waals surface area (Å²) in [7, 11) is 0. The Morgan fingerprint density at radius 3 is 1.83 bits per heavy atom. The van der Waals surface area contributed by atoms with Crippen molar-refractivity contribution in [1.29, 1.82) is 0 Å². The summed E-state index contributed by atoms with van der Waals surface area (Å²) in [6.07, 6.45) is 5.09. The lowest BCUT2D eigenvalue weighted by Gasteiger charge is -2.44. The fourth-order valence-corrected chi connectivity index (χ4v) is 2.70. The van der Waals surface area contributed by atoms with E-state index in [1.807, 2.05) is 13.8 Å². The van der Waals surface area contributed by atoms with Gasteiger partial charge in [0.25, 0.3) is 0 Å². The van der Waals surface area contributed by atoms with Crippen molar-refractivity contribution in [2.45, 2.75) is 52.6 Å². The van der Waals surface area contributed by atoms with Gasteiger partial charge in [-0.1, -0.05) is 20.8 Å². The van der Waals surface area contributed by atoms with Crippen LogP contribution in [0.5, 0.6) is 0 Å². The molecule has 72 valence electrons. The second-order valence-corrected chi connectivity index (χ2v) is 4.11. The Morgan fingerprint density at radius 1 is 1.00 bits per heavy atom. The summed E-state index contributed by atoms with van der Waals surface area (Å²) in [5.41, 5.74) is 0. The predicted octanol–water partition coefficient (Wildman–Crippen LogP) is 2.83. The van der Waals surface area contributed by atoms with Gasteiger partial charge in [0, 0.05) is 0 Å². The van der Waals surface area contributed by atoms with E-state index in [0.29, 0.717) is 5.92 Å². The van der Waals surface area contributed by atoms with E-state index in [1.165, 1.54) is 19.3 Å². The number of hydrogen-bond donors (Lipinski definition) is 1. The van der Waals surface area contributed by atoms with E-state index >= 15 is 0 Å². The molecule has 4 atom stereocenters. The summed E-state index contributed by atoms with van der Waals surface area (Å²) >= 11 is 0. The molecule has 3 aliphatic carbocycles. The Labute approximate surface area is 76.2 Å². The van der Waals surface area contributed by atoms with E-state index < -0.39 is 0 Å². The highest BCUT2D eigenvalue weighted by Crippen LogP contribution is 2.44. The van der Waals surface area contributed by atoms with Gasteiger partial charge in [-0.25, -0.2) is 0 Å². The number of fused-ring (bicyclic) bond motifs is 3. The van der Waals surface area contributed by atoms with Crippen molar-refractivity contribution in [3.63, 3.8) is 0 Å². The molecule has 0 aromatic heterocycles. The van der Waals surface area contributed by atoms with Crippen LogP contribution in [0.1, 0.15) is 46.5 Å². The molecule has 0 spiro atoms. The molecule has 12 heavy (non-hydrogen) atoms. The zero-order valence-corrected chi connectivity index (χ0v) is 8.59. The van der Waals surface area contributed by atoms with Crippen molar-refractivity contribution in [3.8, 4) is 0 Å². The molecule has 3 rings (SSSR count). The highest BCUT2D eigenvalue weighted by molar-refractivity contribution is 4.89. The van der Waals surface area contributed by atoms with Crippen LogP contribution in [0.2, 0.25) is 0 Å². The van der Waals surface area contributed by atoms with Crippen LogP contribution in [0.15, 0.2) is 0 Å². The standard InChI is InChI=1S/C9H16O.C2H6/c1-6-4-8-3-2-7(6)5-9(8)10;1-2/h6-10H,2-5H2,1H3;1-2H3. The van der Waals surface area contributed by atoms with Crippen LogP contribution in [0.3, 0.4) is 0 Å². The number of rotatable bonds is 0. The van der Waals surface area contributed by atoms with Crippen LogP contribution in [-0.2, 0) is 0 Å². The molecule has 0 aromatic carbocycles. The third-order valence-electron chi connectivity index (χ3n) is 3.48. The first-order chi connectivity index (χ1) is 5.77. The van der Waals surface area contributed by atoms with Crippen LogP contribution < -0.4 is 0 Å². The highest BCUT2D eigenvalue weighted by Gasteiger charge is 2.38. The van der Waals surface area contributed by atoms with Crippen molar-refractivity contribution in [1.82, 2.24) is 0 Å². The van der Waals surface area contributed by atoms with E-state index in [9.17, 15) is 5.11 Å². The Bertz CT molecular complexity index is 117. The molecule has 3 saturated carbocycles. The molecule has 0 amide bonds. The lowest BCUT2D eigenvalue weighted by Crippen LogP contribution is -2.39. The van der Waals surface area contributed by atoms with Crippen LogP contribution >= 0.6 is 0 Å². The van der Waals surface area contributed by atoms with Gasteiger partial charge in [0.05, 0.1) is 6.10 Å². The molecular formula is C11H22O. The van der Waals surface area contributed by atoms with E-state index in [-0.39, 0.29) is 6.10 Å². The van der Waals surface area contributed by atoms with Crippen LogP contribution in [-0.4, -0.2) is 11.2 Å². The van der Waals surface area contributed by atoms with Gasteiger partial charge in [0.15, 0.2) is 0 Å². The number of hydrogen-bond acceptors (Lipinski definition) is 1. The van der Waals surface area contributed by atoms with Crippen molar-refractivity contribution < 1.29 is 5.11 Å². The normalized spacial score (nSPS) is 45.0. The molecule has 4 unspecified atom stereocenters. The third kappa shape index (κ3) is 1.82. The van der Waals surface area contributed by atoms with E-state index in [2.05, 4.69) is 6.92 Å². The fraction of sp³-hybridized carbons (Fsp3) is 1.00. The number of aliphatic hydroxyl groups excluding tert-OH is 1. The average molecular weight is 170 g/mol. The lowest BCUT2D eigenvalue weighted by atomic mass is 9.64. The van der Waals surface area contributed by atoms with Crippen molar-refractivity contribution in [2.24, 2.45) is 17.8 Å². The monoisotopic (exact) mass is 170 g/mol. The fourth-order valence-electron chi connectivity index (χ4n) is 2.70. The lowest BCUT2D eigenvalue weighted by molar-refractivity contribution is -0.0254. The molecule has 2 bridgehead atoms. The van der Waals surface area contributed by atoms with Crippen molar-refractivity contribution in [2.75, 3.05) is 0 Å². The predicted molar refractivity (Wildman–Crippen MR) is 52.0 cm³/mol. The van der Waals surface area contributed by atoms with Crippen LogP contribution in [0.25, 0.3) is 0 Å². The largest absolute Gasteiger partial charge is 0.393 e. The zero-order valence-electron chi connectivity index (χ0n) is 8.59. The highest BCUT2D eigenvalue weighted by atomic mass is 16.3. The molecule has 0 saturated heterocycles. The zero-order chi connectivity index (χ0) is 9.14. The van der Waals surface area contributed by atoms with Gasteiger partial charge in [0.1, 0.15) is 0 Å². The van der Waals surface area contributed by atoms with Gasteiger partial charge in [-0.2, -0.15) is 0 Å². The molecule has 3 aliphatic rings. The molecular weight excluding hydrogens is 148 g/mol. The van der Waals surface area contributed by atoms with E-state index in [1.54, 1.807) is 0 Å². The smallest absolute Gasteiger partial charge is 0.0571 e. The maximum Gasteiger partial charge on any atom is 0.0571 e. The quantitative estimate of drug-likeness (QED) is 0.592. The summed E-state index contributed by atoms with van der Waals surface area (Å²) in [6, 6.07) is 0. The molecule has 1 N–H and O–H groups in total. The van der Waals surface area contributed by atoms with E-state index in [4.69, 9.17) is 0 Å². The first-order valence-electron chi connectivity index (χ1n) is 5.45. The molecule has 0 aliphatic heterocycles. The second kappa shape index (κ2) is 4.27. The summed E-state index contributed by atoms with van der Waals surface area (Å²) in [5.74, 6) is 2.39. The molecule has 1 nitrogen and oxygen atoms in total. The summed E-state index contributed by atoms with van der Waals surface area (Å²) in [6.45, 7) is 6.34. The van der Waals surface area contributed by atoms with Gasteiger partial charge in [-0.05, 0) is 43.4 Å². The van der Waals surface area contributed by atoms with Gasteiger partial charge in [-0.15, -0.1) is 0 Å². The first-order valence-corrected chi connectivity index (χ1v) is 5.45.